The first-order valence-corrected chi connectivity index (χ1v) is 10.4. The van der Waals surface area contributed by atoms with Gasteiger partial charge < -0.3 is 10.1 Å². The average molecular weight is 420 g/mol. The summed E-state index contributed by atoms with van der Waals surface area (Å²) in [6.45, 7) is 0.609. The van der Waals surface area contributed by atoms with E-state index in [1.54, 1.807) is 7.11 Å². The van der Waals surface area contributed by atoms with E-state index < -0.39 is 0 Å². The van der Waals surface area contributed by atoms with Crippen molar-refractivity contribution in [3.63, 3.8) is 0 Å². The number of nitrogens with zero attached hydrogens (tertiary/aromatic N) is 4. The van der Waals surface area contributed by atoms with Crippen molar-refractivity contribution >= 4 is 23.4 Å². The van der Waals surface area contributed by atoms with E-state index in [-0.39, 0.29) is 11.7 Å². The molecule has 0 aliphatic rings. The van der Waals surface area contributed by atoms with E-state index in [0.717, 1.165) is 5.56 Å². The predicted molar refractivity (Wildman–Crippen MR) is 117 cm³/mol. The highest BCUT2D eigenvalue weighted by atomic mass is 32.2. The molecule has 0 radical (unpaired) electrons. The molecule has 2 aromatic carbocycles. The standard InChI is InChI=1S/C22H21N5O2S/c1-29-19-12-6-5-11-18(19)23-20(28)16-30-22-25-24-21(26-13-7-8-14-26)27(22)15-17-9-3-2-4-10-17/h2-14H,15-16H2,1H3,(H,23,28). The van der Waals surface area contributed by atoms with Crippen molar-refractivity contribution < 1.29 is 9.53 Å². The average Bonchev–Trinajstić information content (AvgIpc) is 3.43. The number of benzene rings is 2. The molecule has 2 heterocycles. The molecule has 0 aliphatic carbocycles. The van der Waals surface area contributed by atoms with Gasteiger partial charge in [-0.25, -0.2) is 0 Å². The molecule has 0 atom stereocenters. The number of amides is 1. The van der Waals surface area contributed by atoms with Gasteiger partial charge in [-0.2, -0.15) is 0 Å². The number of rotatable bonds is 8. The Morgan fingerprint density at radius 3 is 2.50 bits per heavy atom. The van der Waals surface area contributed by atoms with Crippen LogP contribution in [0.15, 0.2) is 84.3 Å². The first-order chi connectivity index (χ1) is 14.7. The zero-order valence-corrected chi connectivity index (χ0v) is 17.2. The molecular weight excluding hydrogens is 398 g/mol. The predicted octanol–water partition coefficient (Wildman–Crippen LogP) is 3.86. The minimum Gasteiger partial charge on any atom is -0.495 e. The van der Waals surface area contributed by atoms with Crippen LogP contribution in [0.1, 0.15) is 5.56 Å². The first-order valence-electron chi connectivity index (χ1n) is 9.41. The van der Waals surface area contributed by atoms with Crippen LogP contribution in [0.3, 0.4) is 0 Å². The number of aromatic nitrogens is 4. The van der Waals surface area contributed by atoms with Gasteiger partial charge in [0.2, 0.25) is 11.9 Å². The molecule has 1 N–H and O–H groups in total. The van der Waals surface area contributed by atoms with Crippen LogP contribution in [-0.2, 0) is 11.3 Å². The van der Waals surface area contributed by atoms with E-state index in [2.05, 4.69) is 27.6 Å². The summed E-state index contributed by atoms with van der Waals surface area (Å²) < 4.78 is 9.21. The Balaban J connectivity index is 1.51. The molecule has 152 valence electrons. The Morgan fingerprint density at radius 2 is 1.73 bits per heavy atom. The molecule has 2 aromatic heterocycles. The van der Waals surface area contributed by atoms with Crippen LogP contribution in [0.25, 0.3) is 5.95 Å². The molecular formula is C22H21N5O2S. The maximum atomic E-state index is 12.5. The maximum absolute atomic E-state index is 12.5. The van der Waals surface area contributed by atoms with Gasteiger partial charge in [0.25, 0.3) is 0 Å². The Labute approximate surface area is 178 Å². The van der Waals surface area contributed by atoms with Crippen LogP contribution >= 0.6 is 11.8 Å². The summed E-state index contributed by atoms with van der Waals surface area (Å²) in [5, 5.41) is 12.2. The summed E-state index contributed by atoms with van der Waals surface area (Å²) in [7, 11) is 1.58. The lowest BCUT2D eigenvalue weighted by Gasteiger charge is -2.11. The van der Waals surface area contributed by atoms with Crippen LogP contribution in [-0.4, -0.2) is 38.1 Å². The lowest BCUT2D eigenvalue weighted by atomic mass is 10.2. The zero-order chi connectivity index (χ0) is 20.8. The van der Waals surface area contributed by atoms with Gasteiger partial charge >= 0.3 is 0 Å². The molecule has 1 amide bonds. The number of para-hydroxylation sites is 2. The second-order valence-corrected chi connectivity index (χ2v) is 7.42. The fourth-order valence-electron chi connectivity index (χ4n) is 3.02. The SMILES string of the molecule is COc1ccccc1NC(=O)CSc1nnc(-n2cccc2)n1Cc1ccccc1. The number of hydrogen-bond donors (Lipinski definition) is 1. The van der Waals surface area contributed by atoms with Crippen LogP contribution in [0.5, 0.6) is 5.75 Å². The molecule has 4 rings (SSSR count). The Bertz CT molecular complexity index is 1110. The van der Waals surface area contributed by atoms with E-state index in [1.165, 1.54) is 11.8 Å². The van der Waals surface area contributed by atoms with Gasteiger partial charge in [0.15, 0.2) is 5.16 Å². The van der Waals surface area contributed by atoms with Gasteiger partial charge in [-0.3, -0.25) is 13.9 Å². The van der Waals surface area contributed by atoms with E-state index in [9.17, 15) is 4.79 Å². The van der Waals surface area contributed by atoms with Crippen LogP contribution < -0.4 is 10.1 Å². The molecule has 0 aliphatic heterocycles. The summed E-state index contributed by atoms with van der Waals surface area (Å²) in [4.78, 5) is 12.5. The number of ether oxygens (including phenoxy) is 1. The third-order valence-corrected chi connectivity index (χ3v) is 5.40. The van der Waals surface area contributed by atoms with Crippen LogP contribution in [0.2, 0.25) is 0 Å². The molecule has 30 heavy (non-hydrogen) atoms. The minimum absolute atomic E-state index is 0.138. The van der Waals surface area contributed by atoms with Crippen LogP contribution in [0.4, 0.5) is 5.69 Å². The summed E-state index contributed by atoms with van der Waals surface area (Å²) in [6, 6.07) is 21.3. The molecule has 0 saturated heterocycles. The van der Waals surface area contributed by atoms with Gasteiger partial charge in [-0.1, -0.05) is 54.2 Å². The Hall–Kier alpha value is -3.52. The summed E-state index contributed by atoms with van der Waals surface area (Å²) in [5.41, 5.74) is 1.77. The topological polar surface area (TPSA) is 74.0 Å². The first kappa shape index (κ1) is 19.8. The number of carbonyl (C=O) groups excluding carboxylic acids is 1. The van der Waals surface area contributed by atoms with E-state index in [4.69, 9.17) is 4.74 Å². The van der Waals surface area contributed by atoms with Gasteiger partial charge in [0, 0.05) is 12.4 Å². The number of nitrogens with one attached hydrogen (secondary N) is 1. The number of methoxy groups -OCH3 is 1. The van der Waals surface area contributed by atoms with E-state index in [1.807, 2.05) is 76.1 Å². The lowest BCUT2D eigenvalue weighted by Crippen LogP contribution is -2.15. The number of hydrogen-bond acceptors (Lipinski definition) is 5. The van der Waals surface area contributed by atoms with Crippen molar-refractivity contribution in [2.75, 3.05) is 18.2 Å². The maximum Gasteiger partial charge on any atom is 0.236 e. The number of thioether (sulfide) groups is 1. The van der Waals surface area contributed by atoms with Gasteiger partial charge in [0.1, 0.15) is 5.75 Å². The molecule has 7 nitrogen and oxygen atoms in total. The number of anilines is 1. The summed E-state index contributed by atoms with van der Waals surface area (Å²) >= 11 is 1.35. The lowest BCUT2D eigenvalue weighted by molar-refractivity contribution is -0.113. The Kier molecular flexibility index (Phi) is 6.14. The van der Waals surface area contributed by atoms with E-state index >= 15 is 0 Å². The highest BCUT2D eigenvalue weighted by Crippen LogP contribution is 2.25. The van der Waals surface area contributed by atoms with Crippen molar-refractivity contribution in [2.24, 2.45) is 0 Å². The monoisotopic (exact) mass is 419 g/mol. The molecule has 8 heteroatoms. The van der Waals surface area contributed by atoms with Crippen molar-refractivity contribution in [2.45, 2.75) is 11.7 Å². The third kappa shape index (κ3) is 4.55. The number of carbonyl (C=O) groups is 1. The van der Waals surface area contributed by atoms with Gasteiger partial charge in [-0.05, 0) is 29.8 Å². The summed E-state index contributed by atoms with van der Waals surface area (Å²) in [5.74, 6) is 1.40. The van der Waals surface area contributed by atoms with E-state index in [0.29, 0.717) is 29.1 Å². The molecule has 0 spiro atoms. The van der Waals surface area contributed by atoms with Crippen molar-refractivity contribution in [1.82, 2.24) is 19.3 Å². The molecule has 4 aromatic rings. The zero-order valence-electron chi connectivity index (χ0n) is 16.4. The minimum atomic E-state index is -0.138. The van der Waals surface area contributed by atoms with Crippen LogP contribution in [0, 0.1) is 0 Å². The highest BCUT2D eigenvalue weighted by molar-refractivity contribution is 7.99. The largest absolute Gasteiger partial charge is 0.495 e. The fraction of sp³-hybridized carbons (Fsp3) is 0.136. The quantitative estimate of drug-likeness (QED) is 0.439. The second kappa shape index (κ2) is 9.32. The Morgan fingerprint density at radius 1 is 1.00 bits per heavy atom. The normalized spacial score (nSPS) is 10.7. The van der Waals surface area contributed by atoms with Crippen molar-refractivity contribution in [3.8, 4) is 11.7 Å². The molecule has 0 bridgehead atoms. The fourth-order valence-corrected chi connectivity index (χ4v) is 3.75. The summed E-state index contributed by atoms with van der Waals surface area (Å²) in [6.07, 6.45) is 3.85. The van der Waals surface area contributed by atoms with Crippen molar-refractivity contribution in [3.05, 3.63) is 84.7 Å². The van der Waals surface area contributed by atoms with Gasteiger partial charge in [0.05, 0.1) is 25.1 Å². The third-order valence-electron chi connectivity index (χ3n) is 4.43. The van der Waals surface area contributed by atoms with Gasteiger partial charge in [-0.15, -0.1) is 10.2 Å². The molecule has 0 fully saturated rings. The molecule has 0 unspecified atom stereocenters. The highest BCUT2D eigenvalue weighted by Gasteiger charge is 2.16. The smallest absolute Gasteiger partial charge is 0.236 e. The second-order valence-electron chi connectivity index (χ2n) is 6.48. The van der Waals surface area contributed by atoms with Crippen molar-refractivity contribution in [1.29, 1.82) is 0 Å². The molecule has 0 saturated carbocycles.